The normalized spacial score (nSPS) is 11.9. The molecule has 0 spiro atoms. The maximum Gasteiger partial charge on any atom is 0.264 e. The lowest BCUT2D eigenvalue weighted by molar-refractivity contribution is -0.140. The van der Waals surface area contributed by atoms with E-state index in [4.69, 9.17) is 16.3 Å². The van der Waals surface area contributed by atoms with Crippen LogP contribution < -0.4 is 14.4 Å². The number of sulfonamides is 1. The molecule has 0 aliphatic heterocycles. The number of amides is 2. The van der Waals surface area contributed by atoms with E-state index in [1.165, 1.54) is 24.1 Å². The van der Waals surface area contributed by atoms with Crippen LogP contribution in [0.1, 0.15) is 25.0 Å². The molecule has 1 atom stereocenters. The number of carbonyl (C=O) groups is 2. The van der Waals surface area contributed by atoms with E-state index < -0.39 is 28.5 Å². The Kier molecular flexibility index (Phi) is 11.6. The molecule has 0 radical (unpaired) electrons. The Balaban J connectivity index is 1.83. The van der Waals surface area contributed by atoms with Gasteiger partial charge in [-0.2, -0.15) is 0 Å². The van der Waals surface area contributed by atoms with E-state index in [1.54, 1.807) is 66.7 Å². The van der Waals surface area contributed by atoms with Crippen molar-refractivity contribution in [3.05, 3.63) is 125 Å². The third-order valence-electron chi connectivity index (χ3n) is 7.22. The number of anilines is 1. The lowest BCUT2D eigenvalue weighted by Crippen LogP contribution is -2.53. The van der Waals surface area contributed by atoms with Gasteiger partial charge in [0.15, 0.2) is 0 Å². The maximum atomic E-state index is 14.6. The molecule has 4 aromatic carbocycles. The number of nitrogens with zero attached hydrogens (tertiary/aromatic N) is 2. The molecule has 4 rings (SSSR count). The van der Waals surface area contributed by atoms with E-state index in [9.17, 15) is 18.0 Å². The fraction of sp³-hybridized carbons (Fsp3) is 0.257. The zero-order valence-electron chi connectivity index (χ0n) is 25.6. The molecule has 0 aromatic heterocycles. The Morgan fingerprint density at radius 3 is 2.09 bits per heavy atom. The summed E-state index contributed by atoms with van der Waals surface area (Å²) < 4.78 is 34.8. The van der Waals surface area contributed by atoms with Gasteiger partial charge in [0.25, 0.3) is 10.0 Å². The Labute approximate surface area is 270 Å². The standard InChI is InChI=1S/C35H38ClN3O5S/c1-26(2)23-37-35(41)32(22-27-14-6-4-7-15-27)38(24-28-16-10-11-19-30(28)36)34(40)25-39(31-20-12-13-21-33(31)44-3)45(42,43)29-17-8-5-9-18-29/h4-21,26,32H,22-25H2,1-3H3,(H,37,41)/t32-/m1/s1. The first-order valence-electron chi connectivity index (χ1n) is 14.7. The molecule has 8 nitrogen and oxygen atoms in total. The highest BCUT2D eigenvalue weighted by Gasteiger charge is 2.35. The van der Waals surface area contributed by atoms with E-state index in [2.05, 4.69) is 5.32 Å². The number of benzene rings is 4. The van der Waals surface area contributed by atoms with Gasteiger partial charge in [-0.15, -0.1) is 0 Å². The first kappa shape index (κ1) is 33.6. The Morgan fingerprint density at radius 1 is 0.844 bits per heavy atom. The van der Waals surface area contributed by atoms with Gasteiger partial charge in [-0.1, -0.05) is 104 Å². The van der Waals surface area contributed by atoms with Crippen molar-refractivity contribution in [1.82, 2.24) is 10.2 Å². The molecule has 0 heterocycles. The second-order valence-corrected chi connectivity index (χ2v) is 13.2. The van der Waals surface area contributed by atoms with E-state index in [0.29, 0.717) is 17.1 Å². The molecule has 0 aliphatic rings. The summed E-state index contributed by atoms with van der Waals surface area (Å²) in [5.74, 6) is -0.474. The summed E-state index contributed by atoms with van der Waals surface area (Å²) in [6.07, 6.45) is 0.209. The quantitative estimate of drug-likeness (QED) is 0.182. The molecule has 45 heavy (non-hydrogen) atoms. The SMILES string of the molecule is COc1ccccc1N(CC(=O)N(Cc1ccccc1Cl)[C@H](Cc1ccccc1)C(=O)NCC(C)C)S(=O)(=O)c1ccccc1. The number of hydrogen-bond acceptors (Lipinski definition) is 5. The monoisotopic (exact) mass is 647 g/mol. The fourth-order valence-electron chi connectivity index (χ4n) is 4.86. The number of halogens is 1. The van der Waals surface area contributed by atoms with Gasteiger partial charge in [0.05, 0.1) is 17.7 Å². The van der Waals surface area contributed by atoms with Gasteiger partial charge in [0, 0.05) is 24.5 Å². The molecule has 10 heteroatoms. The summed E-state index contributed by atoms with van der Waals surface area (Å²) in [7, 11) is -2.81. The number of rotatable bonds is 14. The van der Waals surface area contributed by atoms with E-state index in [0.717, 1.165) is 9.87 Å². The average molecular weight is 648 g/mol. The number of para-hydroxylation sites is 2. The third-order valence-corrected chi connectivity index (χ3v) is 9.36. The lowest BCUT2D eigenvalue weighted by Gasteiger charge is -2.34. The van der Waals surface area contributed by atoms with Gasteiger partial charge < -0.3 is 15.0 Å². The van der Waals surface area contributed by atoms with Crippen molar-refractivity contribution in [1.29, 1.82) is 0 Å². The van der Waals surface area contributed by atoms with Crippen LogP contribution in [0.25, 0.3) is 0 Å². The Morgan fingerprint density at radius 2 is 1.44 bits per heavy atom. The van der Waals surface area contributed by atoms with Crippen molar-refractivity contribution in [2.24, 2.45) is 5.92 Å². The van der Waals surface area contributed by atoms with Crippen LogP contribution in [0, 0.1) is 5.92 Å². The molecule has 236 valence electrons. The average Bonchev–Trinajstić information content (AvgIpc) is 3.05. The van der Waals surface area contributed by atoms with E-state index in [1.807, 2.05) is 44.2 Å². The molecule has 4 aromatic rings. The first-order chi connectivity index (χ1) is 21.6. The van der Waals surface area contributed by atoms with Gasteiger partial charge in [-0.25, -0.2) is 8.42 Å². The third kappa shape index (κ3) is 8.65. The molecule has 2 amide bonds. The summed E-state index contributed by atoms with van der Waals surface area (Å²) in [5.41, 5.74) is 1.66. The molecule has 0 saturated heterocycles. The van der Waals surface area contributed by atoms with Crippen LogP contribution in [0.15, 0.2) is 114 Å². The molecule has 0 fully saturated rings. The fourth-order valence-corrected chi connectivity index (χ4v) is 6.50. The van der Waals surface area contributed by atoms with Crippen LogP contribution in [0.5, 0.6) is 5.75 Å². The zero-order valence-corrected chi connectivity index (χ0v) is 27.2. The minimum Gasteiger partial charge on any atom is -0.495 e. The van der Waals surface area contributed by atoms with Crippen molar-refractivity contribution >= 4 is 39.1 Å². The van der Waals surface area contributed by atoms with Gasteiger partial charge in [-0.05, 0) is 47.4 Å². The Bertz CT molecular complexity index is 1680. The lowest BCUT2D eigenvalue weighted by atomic mass is 10.0. The van der Waals surface area contributed by atoms with E-state index in [-0.39, 0.29) is 41.1 Å². The highest BCUT2D eigenvalue weighted by atomic mass is 35.5. The van der Waals surface area contributed by atoms with E-state index >= 15 is 0 Å². The highest BCUT2D eigenvalue weighted by molar-refractivity contribution is 7.92. The predicted octanol–water partition coefficient (Wildman–Crippen LogP) is 5.96. The maximum absolute atomic E-state index is 14.6. The van der Waals surface area contributed by atoms with Crippen molar-refractivity contribution in [2.75, 3.05) is 24.5 Å². The second kappa shape index (κ2) is 15.6. The molecule has 0 unspecified atom stereocenters. The zero-order chi connectivity index (χ0) is 32.4. The van der Waals surface area contributed by atoms with Crippen LogP contribution >= 0.6 is 11.6 Å². The number of nitrogens with one attached hydrogen (secondary N) is 1. The molecule has 0 aliphatic carbocycles. The second-order valence-electron chi connectivity index (χ2n) is 11.0. The molecular weight excluding hydrogens is 610 g/mol. The summed E-state index contributed by atoms with van der Waals surface area (Å²) in [6, 6.07) is 30.0. The molecule has 0 bridgehead atoms. The first-order valence-corrected chi connectivity index (χ1v) is 16.5. The number of ether oxygens (including phenoxy) is 1. The molecule has 0 saturated carbocycles. The van der Waals surface area contributed by atoms with Crippen LogP contribution in [0.2, 0.25) is 5.02 Å². The van der Waals surface area contributed by atoms with Crippen LogP contribution in [-0.2, 0) is 32.6 Å². The number of carbonyl (C=O) groups excluding carboxylic acids is 2. The number of hydrogen-bond donors (Lipinski definition) is 1. The number of methoxy groups -OCH3 is 1. The summed E-state index contributed by atoms with van der Waals surface area (Å²) in [5, 5.41) is 3.41. The van der Waals surface area contributed by atoms with Crippen LogP contribution in [0.4, 0.5) is 5.69 Å². The summed E-state index contributed by atoms with van der Waals surface area (Å²) in [4.78, 5) is 29.8. The van der Waals surface area contributed by atoms with Crippen LogP contribution in [0.3, 0.4) is 0 Å². The van der Waals surface area contributed by atoms with Crippen LogP contribution in [-0.4, -0.2) is 51.4 Å². The van der Waals surface area contributed by atoms with Crippen molar-refractivity contribution < 1.29 is 22.7 Å². The predicted molar refractivity (Wildman–Crippen MR) is 178 cm³/mol. The van der Waals surface area contributed by atoms with Crippen molar-refractivity contribution in [3.63, 3.8) is 0 Å². The molecule has 1 N–H and O–H groups in total. The summed E-state index contributed by atoms with van der Waals surface area (Å²) >= 11 is 6.55. The van der Waals surface area contributed by atoms with Gasteiger partial charge >= 0.3 is 0 Å². The largest absolute Gasteiger partial charge is 0.495 e. The summed E-state index contributed by atoms with van der Waals surface area (Å²) in [6.45, 7) is 3.77. The smallest absolute Gasteiger partial charge is 0.264 e. The topological polar surface area (TPSA) is 96.0 Å². The van der Waals surface area contributed by atoms with Crippen molar-refractivity contribution in [2.45, 2.75) is 37.8 Å². The van der Waals surface area contributed by atoms with Gasteiger partial charge in [-0.3, -0.25) is 13.9 Å². The minimum atomic E-state index is -4.24. The van der Waals surface area contributed by atoms with Crippen molar-refractivity contribution in [3.8, 4) is 5.75 Å². The van der Waals surface area contributed by atoms with Gasteiger partial charge in [0.2, 0.25) is 11.8 Å². The highest BCUT2D eigenvalue weighted by Crippen LogP contribution is 2.33. The minimum absolute atomic E-state index is 0.0110. The molecular formula is C35H38ClN3O5S. The van der Waals surface area contributed by atoms with Gasteiger partial charge in [0.1, 0.15) is 18.3 Å². The Hall–Kier alpha value is -4.34.